The summed E-state index contributed by atoms with van der Waals surface area (Å²) < 4.78 is 24.4. The summed E-state index contributed by atoms with van der Waals surface area (Å²) in [7, 11) is 0. The summed E-state index contributed by atoms with van der Waals surface area (Å²) in [6.07, 6.45) is 1.68. The maximum atomic E-state index is 13.1. The van der Waals surface area contributed by atoms with E-state index in [0.29, 0.717) is 35.8 Å². The number of aryl methyl sites for hydroxylation is 1. The van der Waals surface area contributed by atoms with Crippen LogP contribution in [-0.2, 0) is 16.0 Å². The van der Waals surface area contributed by atoms with Gasteiger partial charge in [-0.3, -0.25) is 9.59 Å². The molecule has 34 heavy (non-hydrogen) atoms. The molecule has 176 valence electrons. The molecule has 0 unspecified atom stereocenters. The van der Waals surface area contributed by atoms with Crippen LogP contribution in [0.25, 0.3) is 0 Å². The lowest BCUT2D eigenvalue weighted by atomic mass is 10.1. The fourth-order valence-electron chi connectivity index (χ4n) is 3.71. The molecule has 0 saturated carbocycles. The molecule has 3 aromatic carbocycles. The minimum atomic E-state index is -0.342. The second-order valence-electron chi connectivity index (χ2n) is 8.24. The molecule has 0 bridgehead atoms. The number of benzene rings is 3. The smallest absolute Gasteiger partial charge is 0.265 e. The first-order valence-electron chi connectivity index (χ1n) is 11.3. The number of hydrogen-bond acceptors (Lipinski definition) is 4. The van der Waals surface area contributed by atoms with Crippen molar-refractivity contribution < 1.29 is 23.5 Å². The van der Waals surface area contributed by atoms with Gasteiger partial charge in [0.2, 0.25) is 5.91 Å². The van der Waals surface area contributed by atoms with Gasteiger partial charge in [0, 0.05) is 12.2 Å². The monoisotopic (exact) mass is 462 g/mol. The van der Waals surface area contributed by atoms with E-state index in [4.69, 9.17) is 9.47 Å². The van der Waals surface area contributed by atoms with Gasteiger partial charge in [-0.25, -0.2) is 4.39 Å². The van der Waals surface area contributed by atoms with Crippen molar-refractivity contribution in [1.29, 1.82) is 0 Å². The zero-order valence-corrected chi connectivity index (χ0v) is 19.1. The van der Waals surface area contributed by atoms with E-state index in [-0.39, 0.29) is 30.7 Å². The van der Waals surface area contributed by atoms with Crippen LogP contribution in [-0.4, -0.2) is 31.6 Å². The summed E-state index contributed by atoms with van der Waals surface area (Å²) in [5, 5.41) is 2.84. The molecule has 1 aliphatic rings. The van der Waals surface area contributed by atoms with Gasteiger partial charge in [-0.1, -0.05) is 29.8 Å². The van der Waals surface area contributed by atoms with Crippen LogP contribution < -0.4 is 19.7 Å². The second-order valence-corrected chi connectivity index (χ2v) is 8.24. The van der Waals surface area contributed by atoms with Crippen LogP contribution in [0.3, 0.4) is 0 Å². The summed E-state index contributed by atoms with van der Waals surface area (Å²) in [4.78, 5) is 26.7. The van der Waals surface area contributed by atoms with E-state index in [1.165, 1.54) is 17.7 Å². The number of nitrogens with zero attached hydrogens (tertiary/aromatic N) is 1. The molecule has 6 nitrogen and oxygen atoms in total. The molecule has 0 atom stereocenters. The Morgan fingerprint density at radius 1 is 1.06 bits per heavy atom. The number of unbranched alkanes of at least 4 members (excludes halogenated alkanes) is 1. The first-order valence-corrected chi connectivity index (χ1v) is 11.3. The largest absolute Gasteiger partial charge is 0.494 e. The van der Waals surface area contributed by atoms with Crippen LogP contribution in [0.4, 0.5) is 15.8 Å². The Hall–Kier alpha value is -3.87. The zero-order valence-electron chi connectivity index (χ0n) is 19.1. The van der Waals surface area contributed by atoms with E-state index in [1.54, 1.807) is 35.2 Å². The van der Waals surface area contributed by atoms with E-state index in [0.717, 1.165) is 18.6 Å². The van der Waals surface area contributed by atoms with E-state index in [9.17, 15) is 14.0 Å². The highest BCUT2D eigenvalue weighted by Gasteiger charge is 2.25. The molecule has 0 fully saturated rings. The fourth-order valence-corrected chi connectivity index (χ4v) is 3.71. The maximum absolute atomic E-state index is 13.1. The first kappa shape index (κ1) is 23.3. The van der Waals surface area contributed by atoms with Crippen molar-refractivity contribution in [3.63, 3.8) is 0 Å². The average molecular weight is 463 g/mol. The Balaban J connectivity index is 1.33. The van der Waals surface area contributed by atoms with Crippen LogP contribution in [0.5, 0.6) is 11.5 Å². The number of hydrogen-bond donors (Lipinski definition) is 1. The molecule has 0 radical (unpaired) electrons. The van der Waals surface area contributed by atoms with Crippen molar-refractivity contribution in [2.45, 2.75) is 26.2 Å². The molecule has 4 rings (SSSR count). The van der Waals surface area contributed by atoms with Gasteiger partial charge in [0.15, 0.2) is 6.61 Å². The summed E-state index contributed by atoms with van der Waals surface area (Å²) in [5.74, 6) is 0.743. The number of rotatable bonds is 9. The maximum Gasteiger partial charge on any atom is 0.265 e. The van der Waals surface area contributed by atoms with Gasteiger partial charge in [0.05, 0.1) is 18.7 Å². The van der Waals surface area contributed by atoms with Crippen LogP contribution in [0, 0.1) is 12.7 Å². The molecule has 2 amide bonds. The van der Waals surface area contributed by atoms with Crippen molar-refractivity contribution in [3.05, 3.63) is 83.7 Å². The van der Waals surface area contributed by atoms with E-state index >= 15 is 0 Å². The van der Waals surface area contributed by atoms with E-state index in [1.807, 2.05) is 31.2 Å². The highest BCUT2D eigenvalue weighted by Crippen LogP contribution is 2.34. The number of carbonyl (C=O) groups excluding carboxylic acids is 2. The Bertz CT molecular complexity index is 1150. The number of amides is 2. The van der Waals surface area contributed by atoms with Crippen LogP contribution >= 0.6 is 0 Å². The topological polar surface area (TPSA) is 67.9 Å². The summed E-state index contributed by atoms with van der Waals surface area (Å²) in [5.41, 5.74) is 3.10. The van der Waals surface area contributed by atoms with Gasteiger partial charge in [0.25, 0.3) is 5.91 Å². The van der Waals surface area contributed by atoms with Gasteiger partial charge in [0.1, 0.15) is 17.3 Å². The number of ether oxygens (including phenoxy) is 2. The van der Waals surface area contributed by atoms with Crippen molar-refractivity contribution >= 4 is 23.2 Å². The lowest BCUT2D eigenvalue weighted by Gasteiger charge is -2.30. The lowest BCUT2D eigenvalue weighted by Crippen LogP contribution is -2.39. The minimum absolute atomic E-state index is 0.0108. The minimum Gasteiger partial charge on any atom is -0.494 e. The SMILES string of the molecule is Cc1ccc(OCCCCN2C(=O)COc3ccc(NC(=O)Cc4ccc(F)cc4)cc32)cc1. The number of carbonyl (C=O) groups is 2. The van der Waals surface area contributed by atoms with Gasteiger partial charge in [-0.05, 0) is 67.8 Å². The highest BCUT2D eigenvalue weighted by molar-refractivity contribution is 5.99. The molecule has 1 heterocycles. The molecule has 3 aromatic rings. The van der Waals surface area contributed by atoms with Crippen LogP contribution in [0.15, 0.2) is 66.7 Å². The molecule has 1 N–H and O–H groups in total. The van der Waals surface area contributed by atoms with Gasteiger partial charge < -0.3 is 19.7 Å². The van der Waals surface area contributed by atoms with Gasteiger partial charge >= 0.3 is 0 Å². The number of nitrogens with one attached hydrogen (secondary N) is 1. The third kappa shape index (κ3) is 6.13. The second kappa shape index (κ2) is 10.8. The van der Waals surface area contributed by atoms with Crippen molar-refractivity contribution in [3.8, 4) is 11.5 Å². The van der Waals surface area contributed by atoms with Gasteiger partial charge in [-0.15, -0.1) is 0 Å². The zero-order chi connectivity index (χ0) is 23.9. The molecule has 7 heteroatoms. The Morgan fingerprint density at radius 3 is 2.59 bits per heavy atom. The molecule has 0 aliphatic carbocycles. The Morgan fingerprint density at radius 2 is 1.82 bits per heavy atom. The third-order valence-electron chi connectivity index (χ3n) is 5.53. The predicted octanol–water partition coefficient (Wildman–Crippen LogP) is 4.90. The molecular weight excluding hydrogens is 435 g/mol. The van der Waals surface area contributed by atoms with Crippen LogP contribution in [0.1, 0.15) is 24.0 Å². The molecular formula is C27H27FN2O4. The standard InChI is InChI=1S/C27H27FN2O4/c1-19-4-11-23(12-5-19)33-15-3-2-14-30-24-17-22(10-13-25(24)34-18-27(30)32)29-26(31)16-20-6-8-21(28)9-7-20/h4-13,17H,2-3,14-16,18H2,1H3,(H,29,31). The van der Waals surface area contributed by atoms with Gasteiger partial charge in [-0.2, -0.15) is 0 Å². The van der Waals surface area contributed by atoms with E-state index < -0.39 is 0 Å². The predicted molar refractivity (Wildman–Crippen MR) is 129 cm³/mol. The number of anilines is 2. The lowest BCUT2D eigenvalue weighted by molar-refractivity contribution is -0.121. The van der Waals surface area contributed by atoms with Crippen molar-refractivity contribution in [1.82, 2.24) is 0 Å². The summed E-state index contributed by atoms with van der Waals surface area (Å²) in [6.45, 7) is 3.11. The van der Waals surface area contributed by atoms with Crippen molar-refractivity contribution in [2.24, 2.45) is 0 Å². The fraction of sp³-hybridized carbons (Fsp3) is 0.259. The quantitative estimate of drug-likeness (QED) is 0.460. The number of halogens is 1. The summed E-state index contributed by atoms with van der Waals surface area (Å²) >= 11 is 0. The Labute approximate surface area is 198 Å². The number of fused-ring (bicyclic) bond motifs is 1. The molecule has 0 spiro atoms. The summed E-state index contributed by atoms with van der Waals surface area (Å²) in [6, 6.07) is 19.0. The average Bonchev–Trinajstić information content (AvgIpc) is 2.83. The van der Waals surface area contributed by atoms with Crippen molar-refractivity contribution in [2.75, 3.05) is 30.0 Å². The molecule has 1 aliphatic heterocycles. The highest BCUT2D eigenvalue weighted by atomic mass is 19.1. The normalized spacial score (nSPS) is 12.6. The first-order chi connectivity index (χ1) is 16.5. The third-order valence-corrected chi connectivity index (χ3v) is 5.53. The van der Waals surface area contributed by atoms with E-state index in [2.05, 4.69) is 5.32 Å². The molecule has 0 aromatic heterocycles. The van der Waals surface area contributed by atoms with Crippen LogP contribution in [0.2, 0.25) is 0 Å². The molecule has 0 saturated heterocycles. The Kier molecular flexibility index (Phi) is 7.42.